The number of benzene rings is 1. The van der Waals surface area contributed by atoms with Crippen LogP contribution in [0.15, 0.2) is 12.1 Å². The minimum atomic E-state index is -0.0178. The first-order valence-electron chi connectivity index (χ1n) is 6.08. The van der Waals surface area contributed by atoms with Crippen molar-refractivity contribution in [3.63, 3.8) is 0 Å². The summed E-state index contributed by atoms with van der Waals surface area (Å²) in [7, 11) is 0. The third-order valence-electron chi connectivity index (χ3n) is 2.87. The summed E-state index contributed by atoms with van der Waals surface area (Å²) in [5, 5.41) is 22.4. The fourth-order valence-corrected chi connectivity index (χ4v) is 1.92. The zero-order valence-corrected chi connectivity index (χ0v) is 12.5. The molecule has 1 aromatic carbocycles. The van der Waals surface area contributed by atoms with Gasteiger partial charge in [-0.1, -0.05) is 59.2 Å². The monoisotopic (exact) mass is 254 g/mol. The molecule has 0 aromatic heterocycles. The third kappa shape index (κ3) is 4.00. The molecule has 0 unspecified atom stereocenters. The summed E-state index contributed by atoms with van der Waals surface area (Å²) in [6.45, 7) is 14.9. The van der Waals surface area contributed by atoms with Gasteiger partial charge in [0, 0.05) is 0 Å². The molecular weight excluding hydrogens is 228 g/mol. The van der Waals surface area contributed by atoms with Crippen molar-refractivity contribution in [1.82, 2.24) is 0 Å². The number of phenolic OH excluding ortho intramolecular Hbond substituents is 1. The summed E-state index contributed by atoms with van der Waals surface area (Å²) in [6.07, 6.45) is 0. The summed E-state index contributed by atoms with van der Waals surface area (Å²) >= 11 is 0. The SMILES string of the molecule is Cc1cc(C(C)(C)C)c(O)c(C(C)(C)C)c1.OO. The molecule has 0 spiro atoms. The Kier molecular flexibility index (Phi) is 5.38. The Morgan fingerprint density at radius 3 is 1.28 bits per heavy atom. The summed E-state index contributed by atoms with van der Waals surface area (Å²) < 4.78 is 0. The average Bonchev–Trinajstić information content (AvgIpc) is 2.21. The quantitative estimate of drug-likeness (QED) is 0.477. The van der Waals surface area contributed by atoms with E-state index in [1.807, 2.05) is 0 Å². The number of aryl methyl sites for hydroxylation is 1. The predicted octanol–water partition coefficient (Wildman–Crippen LogP) is 4.31. The lowest BCUT2D eigenvalue weighted by atomic mass is 9.78. The second-order valence-electron chi connectivity index (χ2n) is 6.71. The lowest BCUT2D eigenvalue weighted by molar-refractivity contribution is -0.176. The van der Waals surface area contributed by atoms with Crippen molar-refractivity contribution in [2.45, 2.75) is 59.3 Å². The van der Waals surface area contributed by atoms with Crippen molar-refractivity contribution < 1.29 is 15.6 Å². The van der Waals surface area contributed by atoms with Crippen LogP contribution in [0.1, 0.15) is 58.2 Å². The Balaban J connectivity index is 0.00000137. The summed E-state index contributed by atoms with van der Waals surface area (Å²) in [4.78, 5) is 0. The molecule has 18 heavy (non-hydrogen) atoms. The van der Waals surface area contributed by atoms with E-state index in [4.69, 9.17) is 10.5 Å². The highest BCUT2D eigenvalue weighted by atomic mass is 17.0. The van der Waals surface area contributed by atoms with Crippen molar-refractivity contribution in [2.75, 3.05) is 0 Å². The largest absolute Gasteiger partial charge is 0.507 e. The molecule has 3 heteroatoms. The van der Waals surface area contributed by atoms with Crippen LogP contribution in [-0.2, 0) is 10.8 Å². The Bertz CT molecular complexity index is 360. The molecule has 0 fully saturated rings. The maximum atomic E-state index is 10.4. The highest BCUT2D eigenvalue weighted by Gasteiger charge is 2.25. The molecule has 3 N–H and O–H groups in total. The topological polar surface area (TPSA) is 60.7 Å². The first-order chi connectivity index (χ1) is 8.03. The van der Waals surface area contributed by atoms with Crippen molar-refractivity contribution in [3.8, 4) is 5.75 Å². The van der Waals surface area contributed by atoms with E-state index >= 15 is 0 Å². The van der Waals surface area contributed by atoms with E-state index in [1.54, 1.807) is 0 Å². The molecule has 0 aliphatic heterocycles. The van der Waals surface area contributed by atoms with Crippen molar-refractivity contribution in [2.24, 2.45) is 0 Å². The van der Waals surface area contributed by atoms with Crippen LogP contribution >= 0.6 is 0 Å². The zero-order valence-electron chi connectivity index (χ0n) is 12.5. The molecule has 1 rings (SSSR count). The summed E-state index contributed by atoms with van der Waals surface area (Å²) in [6, 6.07) is 4.18. The lowest BCUT2D eigenvalue weighted by Crippen LogP contribution is -2.17. The molecule has 0 atom stereocenters. The summed E-state index contributed by atoms with van der Waals surface area (Å²) in [5.74, 6) is 0.464. The van der Waals surface area contributed by atoms with Gasteiger partial charge in [0.15, 0.2) is 0 Å². The molecule has 0 amide bonds. The van der Waals surface area contributed by atoms with Crippen LogP contribution in [0.3, 0.4) is 0 Å². The predicted molar refractivity (Wildman–Crippen MR) is 75.5 cm³/mol. The van der Waals surface area contributed by atoms with E-state index in [-0.39, 0.29) is 10.8 Å². The highest BCUT2D eigenvalue weighted by molar-refractivity contribution is 5.49. The number of phenols is 1. The molecule has 1 aromatic rings. The summed E-state index contributed by atoms with van der Waals surface area (Å²) in [5.41, 5.74) is 3.26. The second-order valence-corrected chi connectivity index (χ2v) is 6.71. The second kappa shape index (κ2) is 5.72. The van der Waals surface area contributed by atoms with Crippen molar-refractivity contribution >= 4 is 0 Å². The smallest absolute Gasteiger partial charge is 0.123 e. The fourth-order valence-electron chi connectivity index (χ4n) is 1.92. The molecule has 0 saturated carbocycles. The van der Waals surface area contributed by atoms with Crippen molar-refractivity contribution in [3.05, 3.63) is 28.8 Å². The number of hydrogen-bond acceptors (Lipinski definition) is 3. The minimum Gasteiger partial charge on any atom is -0.507 e. The van der Waals surface area contributed by atoms with Crippen LogP contribution in [0.25, 0.3) is 0 Å². The van der Waals surface area contributed by atoms with E-state index < -0.39 is 0 Å². The molecule has 0 heterocycles. The molecular formula is C15H26O3. The van der Waals surface area contributed by atoms with Gasteiger partial charge in [0.25, 0.3) is 0 Å². The van der Waals surface area contributed by atoms with E-state index in [1.165, 1.54) is 5.56 Å². The Morgan fingerprint density at radius 1 is 0.778 bits per heavy atom. The lowest BCUT2D eigenvalue weighted by Gasteiger charge is -2.27. The molecule has 0 saturated heterocycles. The van der Waals surface area contributed by atoms with Crippen LogP contribution in [0, 0.1) is 6.92 Å². The van der Waals surface area contributed by atoms with Crippen LogP contribution in [0.2, 0.25) is 0 Å². The van der Waals surface area contributed by atoms with Crippen LogP contribution < -0.4 is 0 Å². The molecule has 0 bridgehead atoms. The Morgan fingerprint density at radius 2 is 1.06 bits per heavy atom. The molecule has 0 aliphatic rings. The fraction of sp³-hybridized carbons (Fsp3) is 0.600. The molecule has 104 valence electrons. The van der Waals surface area contributed by atoms with Crippen molar-refractivity contribution in [1.29, 1.82) is 0 Å². The van der Waals surface area contributed by atoms with Crippen LogP contribution in [-0.4, -0.2) is 15.6 Å². The normalized spacial score (nSPS) is 11.8. The van der Waals surface area contributed by atoms with Gasteiger partial charge in [-0.25, -0.2) is 0 Å². The number of hydrogen-bond donors (Lipinski definition) is 3. The third-order valence-corrected chi connectivity index (χ3v) is 2.87. The molecule has 0 radical (unpaired) electrons. The van der Waals surface area contributed by atoms with E-state index in [9.17, 15) is 5.11 Å². The van der Waals surface area contributed by atoms with Gasteiger partial charge < -0.3 is 5.11 Å². The van der Waals surface area contributed by atoms with Gasteiger partial charge in [0.1, 0.15) is 5.75 Å². The minimum absolute atomic E-state index is 0.0178. The first kappa shape index (κ1) is 16.9. The first-order valence-corrected chi connectivity index (χ1v) is 6.08. The molecule has 3 nitrogen and oxygen atoms in total. The van der Waals surface area contributed by atoms with Crippen LogP contribution in [0.4, 0.5) is 0 Å². The maximum Gasteiger partial charge on any atom is 0.123 e. The molecule has 0 aliphatic carbocycles. The van der Waals surface area contributed by atoms with Gasteiger partial charge >= 0.3 is 0 Å². The van der Waals surface area contributed by atoms with Gasteiger partial charge in [-0.05, 0) is 28.9 Å². The maximum absolute atomic E-state index is 10.4. The zero-order chi connectivity index (χ0) is 14.7. The number of rotatable bonds is 0. The average molecular weight is 254 g/mol. The van der Waals surface area contributed by atoms with Crippen LogP contribution in [0.5, 0.6) is 5.75 Å². The van der Waals surface area contributed by atoms with Gasteiger partial charge in [-0.2, -0.15) is 0 Å². The Labute approximate surface area is 110 Å². The van der Waals surface area contributed by atoms with E-state index in [0.717, 1.165) is 11.1 Å². The van der Waals surface area contributed by atoms with Gasteiger partial charge in [0.2, 0.25) is 0 Å². The number of aromatic hydroxyl groups is 1. The standard InChI is InChI=1S/C15H24O.H2O2/c1-10-8-11(14(2,3)4)13(16)12(9-10)15(5,6)7;1-2/h8-9,16H,1-7H3;1-2H. The highest BCUT2D eigenvalue weighted by Crippen LogP contribution is 2.39. The van der Waals surface area contributed by atoms with Gasteiger partial charge in [0.05, 0.1) is 0 Å². The van der Waals surface area contributed by atoms with E-state index in [0.29, 0.717) is 5.75 Å². The van der Waals surface area contributed by atoms with Gasteiger partial charge in [-0.15, -0.1) is 0 Å². The van der Waals surface area contributed by atoms with E-state index in [2.05, 4.69) is 60.6 Å². The van der Waals surface area contributed by atoms with Gasteiger partial charge in [-0.3, -0.25) is 10.5 Å². The Hall–Kier alpha value is -1.06.